The maximum atomic E-state index is 6.88. The van der Waals surface area contributed by atoms with Gasteiger partial charge in [-0.25, -0.2) is 0 Å². The highest BCUT2D eigenvalue weighted by Gasteiger charge is 2.66. The minimum atomic E-state index is -0.0601. The van der Waals surface area contributed by atoms with Crippen LogP contribution in [0.4, 0.5) is 0 Å². The first kappa shape index (κ1) is 13.8. The molecule has 2 aliphatic carbocycles. The van der Waals surface area contributed by atoms with Crippen LogP contribution in [0.3, 0.4) is 0 Å². The van der Waals surface area contributed by atoms with Gasteiger partial charge in [-0.3, -0.25) is 0 Å². The molecule has 3 rings (SSSR count). The lowest BCUT2D eigenvalue weighted by Crippen LogP contribution is -2.80. The average molecular weight is 266 g/mol. The van der Waals surface area contributed by atoms with Gasteiger partial charge in [0.1, 0.15) is 0 Å². The van der Waals surface area contributed by atoms with Crippen molar-refractivity contribution in [3.63, 3.8) is 0 Å². The van der Waals surface area contributed by atoms with Crippen LogP contribution in [0.2, 0.25) is 0 Å². The molecule has 2 N–H and O–H groups in total. The van der Waals surface area contributed by atoms with Crippen LogP contribution in [0.15, 0.2) is 0 Å². The summed E-state index contributed by atoms with van der Waals surface area (Å²) in [6.45, 7) is 6.58. The molecule has 19 heavy (non-hydrogen) atoms. The van der Waals surface area contributed by atoms with Crippen molar-refractivity contribution in [3.05, 3.63) is 0 Å². The molecule has 3 fully saturated rings. The van der Waals surface area contributed by atoms with E-state index >= 15 is 0 Å². The average Bonchev–Trinajstić information content (AvgIpc) is 2.92. The third kappa shape index (κ3) is 1.97. The van der Waals surface area contributed by atoms with Gasteiger partial charge in [-0.15, -0.1) is 0 Å². The molecule has 0 aromatic heterocycles. The minimum Gasteiger partial charge on any atom is -0.377 e. The predicted octanol–water partition coefficient (Wildman–Crippen LogP) is 2.39. The summed E-state index contributed by atoms with van der Waals surface area (Å²) in [5.41, 5.74) is 6.94. The van der Waals surface area contributed by atoms with Gasteiger partial charge in [0.05, 0.1) is 6.10 Å². The third-order valence-electron chi connectivity index (χ3n) is 6.35. The second-order valence-corrected chi connectivity index (χ2v) is 7.66. The van der Waals surface area contributed by atoms with Gasteiger partial charge in [0.25, 0.3) is 0 Å². The van der Waals surface area contributed by atoms with Crippen molar-refractivity contribution in [1.29, 1.82) is 0 Å². The first-order valence-corrected chi connectivity index (χ1v) is 8.07. The van der Waals surface area contributed by atoms with Gasteiger partial charge in [0.2, 0.25) is 0 Å². The summed E-state index contributed by atoms with van der Waals surface area (Å²) in [5.74, 6) is 0.570. The molecule has 1 aliphatic heterocycles. The Morgan fingerprint density at radius 2 is 1.84 bits per heavy atom. The van der Waals surface area contributed by atoms with Crippen LogP contribution in [-0.2, 0) is 4.74 Å². The lowest BCUT2D eigenvalue weighted by atomic mass is 9.46. The molecule has 1 heterocycles. The molecule has 1 saturated heterocycles. The van der Waals surface area contributed by atoms with Crippen molar-refractivity contribution >= 4 is 0 Å². The van der Waals surface area contributed by atoms with Crippen LogP contribution in [0.1, 0.15) is 52.4 Å². The topological polar surface area (TPSA) is 38.5 Å². The van der Waals surface area contributed by atoms with Crippen LogP contribution < -0.4 is 5.73 Å². The maximum absolute atomic E-state index is 6.88. The van der Waals surface area contributed by atoms with Crippen LogP contribution in [0, 0.1) is 11.3 Å². The van der Waals surface area contributed by atoms with E-state index in [0.29, 0.717) is 12.0 Å². The van der Waals surface area contributed by atoms with Gasteiger partial charge in [-0.2, -0.15) is 0 Å². The summed E-state index contributed by atoms with van der Waals surface area (Å²) in [6, 6.07) is 0.764. The van der Waals surface area contributed by atoms with Crippen LogP contribution >= 0.6 is 0 Å². The van der Waals surface area contributed by atoms with E-state index in [1.165, 1.54) is 38.5 Å². The Morgan fingerprint density at radius 1 is 1.16 bits per heavy atom. The Kier molecular flexibility index (Phi) is 3.43. The van der Waals surface area contributed by atoms with E-state index < -0.39 is 0 Å². The van der Waals surface area contributed by atoms with Gasteiger partial charge < -0.3 is 15.4 Å². The molecule has 2 saturated carbocycles. The van der Waals surface area contributed by atoms with E-state index in [1.54, 1.807) is 0 Å². The number of nitrogens with two attached hydrogens (primary N) is 1. The summed E-state index contributed by atoms with van der Waals surface area (Å²) < 4.78 is 6.00. The zero-order valence-electron chi connectivity index (χ0n) is 12.8. The van der Waals surface area contributed by atoms with Crippen LogP contribution in [0.25, 0.3) is 0 Å². The second-order valence-electron chi connectivity index (χ2n) is 7.66. The quantitative estimate of drug-likeness (QED) is 0.852. The highest BCUT2D eigenvalue weighted by molar-refractivity contribution is 5.20. The van der Waals surface area contributed by atoms with Gasteiger partial charge in [-0.1, -0.05) is 26.7 Å². The smallest absolute Gasteiger partial charge is 0.0690 e. The fraction of sp³-hybridized carbons (Fsp3) is 1.00. The molecule has 3 atom stereocenters. The molecule has 0 aromatic rings. The van der Waals surface area contributed by atoms with Crippen LogP contribution in [0.5, 0.6) is 0 Å². The van der Waals surface area contributed by atoms with Crippen molar-refractivity contribution in [2.75, 3.05) is 20.2 Å². The van der Waals surface area contributed by atoms with Gasteiger partial charge in [-0.05, 0) is 32.7 Å². The Morgan fingerprint density at radius 3 is 2.53 bits per heavy atom. The van der Waals surface area contributed by atoms with Crippen LogP contribution in [-0.4, -0.2) is 42.8 Å². The molecule has 110 valence electrons. The number of ether oxygens (including phenoxy) is 1. The Labute approximate surface area is 117 Å². The van der Waals surface area contributed by atoms with Crippen molar-refractivity contribution in [3.8, 4) is 0 Å². The van der Waals surface area contributed by atoms with E-state index in [9.17, 15) is 0 Å². The summed E-state index contributed by atoms with van der Waals surface area (Å²) in [4.78, 5) is 2.54. The molecule has 3 aliphatic rings. The molecule has 0 radical (unpaired) electrons. The highest BCUT2D eigenvalue weighted by atomic mass is 16.5. The minimum absolute atomic E-state index is 0.0601. The lowest BCUT2D eigenvalue weighted by molar-refractivity contribution is -0.232. The fourth-order valence-corrected chi connectivity index (χ4v) is 4.87. The SMILES string of the molecule is CN(CC1(N)C2CCCOC2C1(C)C)C1CCCC1. The molecule has 0 amide bonds. The number of likely N-dealkylation sites (N-methyl/N-ethyl adjacent to an activating group) is 1. The van der Waals surface area contributed by atoms with Gasteiger partial charge in [0.15, 0.2) is 0 Å². The molecule has 3 heteroatoms. The van der Waals surface area contributed by atoms with Gasteiger partial charge in [0, 0.05) is 36.1 Å². The summed E-state index contributed by atoms with van der Waals surface area (Å²) in [7, 11) is 2.28. The maximum Gasteiger partial charge on any atom is 0.0690 e. The van der Waals surface area contributed by atoms with Crippen molar-refractivity contribution in [2.24, 2.45) is 17.1 Å². The molecule has 0 spiro atoms. The van der Waals surface area contributed by atoms with Gasteiger partial charge >= 0.3 is 0 Å². The van der Waals surface area contributed by atoms with E-state index in [0.717, 1.165) is 19.2 Å². The van der Waals surface area contributed by atoms with E-state index in [4.69, 9.17) is 10.5 Å². The second kappa shape index (κ2) is 4.71. The normalized spacial score (nSPS) is 42.2. The fourth-order valence-electron chi connectivity index (χ4n) is 4.87. The molecular formula is C16H30N2O. The van der Waals surface area contributed by atoms with Crippen molar-refractivity contribution in [2.45, 2.75) is 70.1 Å². The predicted molar refractivity (Wildman–Crippen MR) is 78.0 cm³/mol. The Bertz CT molecular complexity index is 338. The zero-order chi connectivity index (χ0) is 13.7. The largest absolute Gasteiger partial charge is 0.377 e. The number of hydrogen-bond acceptors (Lipinski definition) is 3. The highest BCUT2D eigenvalue weighted by Crippen LogP contribution is 2.57. The number of nitrogens with zero attached hydrogens (tertiary/aromatic N) is 1. The standard InChI is InChI=1S/C16H30N2O/c1-15(2)14-13(9-6-10-19-14)16(15,17)11-18(3)12-7-4-5-8-12/h12-14H,4-11,17H2,1-3H3. The molecule has 3 nitrogen and oxygen atoms in total. The summed E-state index contributed by atoms with van der Waals surface area (Å²) in [6.07, 6.45) is 8.33. The van der Waals surface area contributed by atoms with Crippen molar-refractivity contribution < 1.29 is 4.74 Å². The first-order chi connectivity index (χ1) is 8.97. The molecule has 0 bridgehead atoms. The molecular weight excluding hydrogens is 236 g/mol. The Balaban J connectivity index is 1.70. The number of fused-ring (bicyclic) bond motifs is 1. The number of rotatable bonds is 3. The first-order valence-electron chi connectivity index (χ1n) is 8.07. The third-order valence-corrected chi connectivity index (χ3v) is 6.35. The molecule has 0 aromatic carbocycles. The lowest BCUT2D eigenvalue weighted by Gasteiger charge is -2.67. The van der Waals surface area contributed by atoms with E-state index in [-0.39, 0.29) is 11.0 Å². The molecule has 3 unspecified atom stereocenters. The summed E-state index contributed by atoms with van der Waals surface area (Å²) >= 11 is 0. The monoisotopic (exact) mass is 266 g/mol. The Hall–Kier alpha value is -0.120. The number of hydrogen-bond donors (Lipinski definition) is 1. The zero-order valence-corrected chi connectivity index (χ0v) is 12.8. The van der Waals surface area contributed by atoms with E-state index in [2.05, 4.69) is 25.8 Å². The van der Waals surface area contributed by atoms with E-state index in [1.807, 2.05) is 0 Å². The summed E-state index contributed by atoms with van der Waals surface area (Å²) in [5, 5.41) is 0. The van der Waals surface area contributed by atoms with Crippen molar-refractivity contribution in [1.82, 2.24) is 4.90 Å².